The fourth-order valence-electron chi connectivity index (χ4n) is 2.84. The van der Waals surface area contributed by atoms with Crippen molar-refractivity contribution in [1.82, 2.24) is 4.57 Å². The standard InChI is InChI=1S/C17H18N2O/c1-11(2)19-16-7-5-4-6-14(16)15-10-13(12(3)18-20)8-9-17(15)19/h4-11,20H,1-3H3. The van der Waals surface area contributed by atoms with Crippen LogP contribution in [0.5, 0.6) is 0 Å². The zero-order valence-electron chi connectivity index (χ0n) is 12.0. The summed E-state index contributed by atoms with van der Waals surface area (Å²) in [6.45, 7) is 6.20. The highest BCUT2D eigenvalue weighted by Gasteiger charge is 2.13. The van der Waals surface area contributed by atoms with Gasteiger partial charge < -0.3 is 9.77 Å². The van der Waals surface area contributed by atoms with Crippen molar-refractivity contribution in [2.45, 2.75) is 26.8 Å². The molecule has 0 unspecified atom stereocenters. The molecule has 0 spiro atoms. The van der Waals surface area contributed by atoms with E-state index in [0.717, 1.165) is 5.56 Å². The second-order valence-electron chi connectivity index (χ2n) is 5.40. The molecule has 0 amide bonds. The molecule has 2 aromatic carbocycles. The number of nitrogens with zero attached hydrogens (tertiary/aromatic N) is 2. The summed E-state index contributed by atoms with van der Waals surface area (Å²) in [5.41, 5.74) is 4.05. The van der Waals surface area contributed by atoms with Crippen LogP contribution in [0.2, 0.25) is 0 Å². The van der Waals surface area contributed by atoms with Crippen LogP contribution in [0.3, 0.4) is 0 Å². The third kappa shape index (κ3) is 1.78. The quantitative estimate of drug-likeness (QED) is 0.411. The molecule has 0 radical (unpaired) electrons. The third-order valence-electron chi connectivity index (χ3n) is 3.79. The van der Waals surface area contributed by atoms with Crippen LogP contribution in [0, 0.1) is 0 Å². The van der Waals surface area contributed by atoms with Crippen LogP contribution in [0.15, 0.2) is 47.6 Å². The van der Waals surface area contributed by atoms with Gasteiger partial charge in [0.25, 0.3) is 0 Å². The SMILES string of the molecule is CC(=NO)c1ccc2c(c1)c1ccccc1n2C(C)C. The molecule has 3 rings (SSSR count). The van der Waals surface area contributed by atoms with E-state index >= 15 is 0 Å². The van der Waals surface area contributed by atoms with E-state index in [1.807, 2.05) is 13.0 Å². The van der Waals surface area contributed by atoms with Crippen molar-refractivity contribution in [3.63, 3.8) is 0 Å². The summed E-state index contributed by atoms with van der Waals surface area (Å²) in [5, 5.41) is 14.7. The van der Waals surface area contributed by atoms with E-state index in [1.165, 1.54) is 21.8 Å². The molecule has 0 atom stereocenters. The van der Waals surface area contributed by atoms with Crippen LogP contribution in [0.1, 0.15) is 32.4 Å². The van der Waals surface area contributed by atoms with Crippen molar-refractivity contribution in [1.29, 1.82) is 0 Å². The predicted molar refractivity (Wildman–Crippen MR) is 83.8 cm³/mol. The lowest BCUT2D eigenvalue weighted by atomic mass is 10.1. The van der Waals surface area contributed by atoms with E-state index in [4.69, 9.17) is 5.21 Å². The normalized spacial score (nSPS) is 12.7. The Kier molecular flexibility index (Phi) is 2.97. The molecule has 0 aliphatic carbocycles. The Morgan fingerprint density at radius 1 is 1.05 bits per heavy atom. The molecule has 0 bridgehead atoms. The monoisotopic (exact) mass is 266 g/mol. The van der Waals surface area contributed by atoms with Gasteiger partial charge in [-0.3, -0.25) is 0 Å². The summed E-state index contributed by atoms with van der Waals surface area (Å²) >= 11 is 0. The topological polar surface area (TPSA) is 37.5 Å². The Morgan fingerprint density at radius 3 is 2.45 bits per heavy atom. The van der Waals surface area contributed by atoms with E-state index in [-0.39, 0.29) is 0 Å². The lowest BCUT2D eigenvalue weighted by Gasteiger charge is -2.11. The Morgan fingerprint density at radius 2 is 1.75 bits per heavy atom. The maximum atomic E-state index is 8.95. The first-order chi connectivity index (χ1) is 9.63. The number of hydrogen-bond donors (Lipinski definition) is 1. The molecular weight excluding hydrogens is 248 g/mol. The summed E-state index contributed by atoms with van der Waals surface area (Å²) in [7, 11) is 0. The predicted octanol–water partition coefficient (Wildman–Crippen LogP) is 4.57. The van der Waals surface area contributed by atoms with Crippen LogP contribution in [0.4, 0.5) is 0 Å². The van der Waals surface area contributed by atoms with Crippen molar-refractivity contribution in [2.75, 3.05) is 0 Å². The zero-order chi connectivity index (χ0) is 14.3. The number of rotatable bonds is 2. The number of oxime groups is 1. The van der Waals surface area contributed by atoms with Gasteiger partial charge in [-0.2, -0.15) is 0 Å². The van der Waals surface area contributed by atoms with E-state index < -0.39 is 0 Å². The highest BCUT2D eigenvalue weighted by molar-refractivity contribution is 6.11. The number of fused-ring (bicyclic) bond motifs is 3. The molecule has 1 heterocycles. The summed E-state index contributed by atoms with van der Waals surface area (Å²) in [4.78, 5) is 0. The second kappa shape index (κ2) is 4.67. The van der Waals surface area contributed by atoms with Crippen LogP contribution in [-0.4, -0.2) is 15.5 Å². The zero-order valence-corrected chi connectivity index (χ0v) is 12.0. The summed E-state index contributed by atoms with van der Waals surface area (Å²) < 4.78 is 2.35. The lowest BCUT2D eigenvalue weighted by molar-refractivity contribution is 0.319. The molecule has 3 nitrogen and oxygen atoms in total. The van der Waals surface area contributed by atoms with Gasteiger partial charge in [-0.15, -0.1) is 0 Å². The molecule has 0 saturated heterocycles. The maximum Gasteiger partial charge on any atom is 0.0837 e. The van der Waals surface area contributed by atoms with Crippen molar-refractivity contribution in [2.24, 2.45) is 5.16 Å². The number of benzene rings is 2. The number of para-hydroxylation sites is 1. The van der Waals surface area contributed by atoms with Crippen LogP contribution in [-0.2, 0) is 0 Å². The van der Waals surface area contributed by atoms with Gasteiger partial charge in [-0.25, -0.2) is 0 Å². The second-order valence-corrected chi connectivity index (χ2v) is 5.40. The number of aromatic nitrogens is 1. The van der Waals surface area contributed by atoms with E-state index in [2.05, 4.69) is 60.0 Å². The summed E-state index contributed by atoms with van der Waals surface area (Å²) in [6, 6.07) is 15.1. The average Bonchev–Trinajstić information content (AvgIpc) is 2.80. The number of hydrogen-bond acceptors (Lipinski definition) is 2. The molecule has 3 aromatic rings. The van der Waals surface area contributed by atoms with Gasteiger partial charge in [0.05, 0.1) is 5.71 Å². The minimum atomic E-state index is 0.399. The first-order valence-corrected chi connectivity index (χ1v) is 6.85. The Labute approximate surface area is 118 Å². The van der Waals surface area contributed by atoms with Gasteiger partial charge in [-0.1, -0.05) is 29.4 Å². The molecule has 3 heteroatoms. The van der Waals surface area contributed by atoms with Crippen molar-refractivity contribution >= 4 is 27.5 Å². The van der Waals surface area contributed by atoms with Gasteiger partial charge in [-0.05, 0) is 44.5 Å². The molecule has 1 N–H and O–H groups in total. The first kappa shape index (κ1) is 12.7. The molecule has 1 aromatic heterocycles. The van der Waals surface area contributed by atoms with Gasteiger partial charge in [0, 0.05) is 27.8 Å². The first-order valence-electron chi connectivity index (χ1n) is 6.85. The third-order valence-corrected chi connectivity index (χ3v) is 3.79. The van der Waals surface area contributed by atoms with E-state index in [9.17, 15) is 0 Å². The van der Waals surface area contributed by atoms with Gasteiger partial charge in [0.15, 0.2) is 0 Å². The van der Waals surface area contributed by atoms with Crippen molar-refractivity contribution in [3.05, 3.63) is 48.0 Å². The molecule has 20 heavy (non-hydrogen) atoms. The Balaban J connectivity index is 2.44. The fraction of sp³-hybridized carbons (Fsp3) is 0.235. The highest BCUT2D eigenvalue weighted by Crippen LogP contribution is 2.32. The van der Waals surface area contributed by atoms with Crippen molar-refractivity contribution in [3.8, 4) is 0 Å². The smallest absolute Gasteiger partial charge is 0.0837 e. The lowest BCUT2D eigenvalue weighted by Crippen LogP contribution is -2.00. The molecule has 0 aliphatic rings. The molecule has 102 valence electrons. The van der Waals surface area contributed by atoms with Gasteiger partial charge in [0.2, 0.25) is 0 Å². The molecule has 0 aliphatic heterocycles. The maximum absolute atomic E-state index is 8.95. The van der Waals surface area contributed by atoms with Gasteiger partial charge >= 0.3 is 0 Å². The summed E-state index contributed by atoms with van der Waals surface area (Å²) in [5.74, 6) is 0. The van der Waals surface area contributed by atoms with E-state index in [1.54, 1.807) is 0 Å². The fourth-order valence-corrected chi connectivity index (χ4v) is 2.84. The van der Waals surface area contributed by atoms with Gasteiger partial charge in [0.1, 0.15) is 0 Å². The minimum Gasteiger partial charge on any atom is -0.411 e. The van der Waals surface area contributed by atoms with Crippen LogP contribution >= 0.6 is 0 Å². The summed E-state index contributed by atoms with van der Waals surface area (Å²) in [6.07, 6.45) is 0. The minimum absolute atomic E-state index is 0.399. The molecule has 0 saturated carbocycles. The molecule has 0 fully saturated rings. The largest absolute Gasteiger partial charge is 0.411 e. The molecular formula is C17H18N2O. The van der Waals surface area contributed by atoms with Crippen molar-refractivity contribution < 1.29 is 5.21 Å². The van der Waals surface area contributed by atoms with Crippen LogP contribution in [0.25, 0.3) is 21.8 Å². The van der Waals surface area contributed by atoms with E-state index in [0.29, 0.717) is 11.8 Å². The van der Waals surface area contributed by atoms with Crippen LogP contribution < -0.4 is 0 Å². The average molecular weight is 266 g/mol. The highest BCUT2D eigenvalue weighted by atomic mass is 16.4. The Hall–Kier alpha value is -2.29. The Bertz CT molecular complexity index is 812.